The molecule has 0 heterocycles. The van der Waals surface area contributed by atoms with Gasteiger partial charge in [-0.3, -0.25) is 9.59 Å². The second-order valence-corrected chi connectivity index (χ2v) is 22.5. The molecule has 6 nitrogen and oxygen atoms in total. The van der Waals surface area contributed by atoms with Gasteiger partial charge in [0.15, 0.2) is 0 Å². The molecule has 0 spiro atoms. The molecule has 0 aromatic rings. The maximum absolute atomic E-state index is 12.5. The van der Waals surface area contributed by atoms with Crippen molar-refractivity contribution in [1.29, 1.82) is 0 Å². The van der Waals surface area contributed by atoms with E-state index in [1.807, 2.05) is 0 Å². The van der Waals surface area contributed by atoms with E-state index in [0.29, 0.717) is 25.9 Å². The highest BCUT2D eigenvalue weighted by Gasteiger charge is 2.20. The Morgan fingerprint density at radius 1 is 0.389 bits per heavy atom. The highest BCUT2D eigenvalue weighted by atomic mass is 16.5. The molecule has 0 aromatic heterocycles. The summed E-state index contributed by atoms with van der Waals surface area (Å²) in [5, 5.41) is 23.3. The van der Waals surface area contributed by atoms with Crippen LogP contribution in [0.25, 0.3) is 0 Å². The molecule has 426 valence electrons. The minimum absolute atomic E-state index is 0.00991. The Morgan fingerprint density at radius 3 is 1.06 bits per heavy atom. The highest BCUT2D eigenvalue weighted by Crippen LogP contribution is 2.18. The van der Waals surface area contributed by atoms with Gasteiger partial charge in [-0.15, -0.1) is 0 Å². The molecule has 0 saturated heterocycles. The fraction of sp³-hybridized carbons (Fsp3) is 0.909. The van der Waals surface area contributed by atoms with E-state index >= 15 is 0 Å². The van der Waals surface area contributed by atoms with Crippen LogP contribution < -0.4 is 5.32 Å². The minimum atomic E-state index is -0.671. The summed E-state index contributed by atoms with van der Waals surface area (Å²) in [6.45, 7) is 4.97. The van der Waals surface area contributed by atoms with E-state index in [0.717, 1.165) is 44.9 Å². The van der Waals surface area contributed by atoms with Crippen molar-refractivity contribution in [2.45, 2.75) is 373 Å². The molecular weight excluding hydrogens is 887 g/mol. The Balaban J connectivity index is 3.44. The Kier molecular flexibility index (Phi) is 60.5. The van der Waals surface area contributed by atoms with Gasteiger partial charge in [0.2, 0.25) is 5.91 Å². The Morgan fingerprint density at radius 2 is 0.694 bits per heavy atom. The lowest BCUT2D eigenvalue weighted by Gasteiger charge is -2.22. The molecule has 3 N–H and O–H groups in total. The van der Waals surface area contributed by atoms with E-state index in [4.69, 9.17) is 4.74 Å². The molecule has 2 atom stereocenters. The third-order valence-electron chi connectivity index (χ3n) is 15.3. The van der Waals surface area contributed by atoms with Crippen molar-refractivity contribution in [3.05, 3.63) is 24.3 Å². The number of amides is 1. The van der Waals surface area contributed by atoms with Crippen molar-refractivity contribution < 1.29 is 24.5 Å². The van der Waals surface area contributed by atoms with E-state index in [1.54, 1.807) is 0 Å². The lowest BCUT2D eigenvalue weighted by Crippen LogP contribution is -2.45. The zero-order valence-corrected chi connectivity index (χ0v) is 48.7. The van der Waals surface area contributed by atoms with Gasteiger partial charge in [-0.05, 0) is 57.8 Å². The van der Waals surface area contributed by atoms with Crippen molar-refractivity contribution >= 4 is 11.9 Å². The summed E-state index contributed by atoms with van der Waals surface area (Å²) >= 11 is 0. The van der Waals surface area contributed by atoms with Crippen LogP contribution in [0.5, 0.6) is 0 Å². The Labute approximate surface area is 450 Å². The van der Waals surface area contributed by atoms with Gasteiger partial charge in [0, 0.05) is 12.8 Å². The summed E-state index contributed by atoms with van der Waals surface area (Å²) in [6, 6.07) is -0.549. The monoisotopic (exact) mass is 1010 g/mol. The maximum Gasteiger partial charge on any atom is 0.305 e. The number of aliphatic hydroxyl groups is 2. The predicted molar refractivity (Wildman–Crippen MR) is 315 cm³/mol. The van der Waals surface area contributed by atoms with Crippen molar-refractivity contribution in [2.24, 2.45) is 0 Å². The minimum Gasteiger partial charge on any atom is -0.466 e. The maximum atomic E-state index is 12.5. The largest absolute Gasteiger partial charge is 0.466 e. The van der Waals surface area contributed by atoms with Crippen LogP contribution in [0.2, 0.25) is 0 Å². The normalized spacial score (nSPS) is 12.7. The molecule has 0 radical (unpaired) electrons. The first-order valence-corrected chi connectivity index (χ1v) is 32.6. The summed E-state index contributed by atoms with van der Waals surface area (Å²) in [4.78, 5) is 24.6. The first kappa shape index (κ1) is 70.3. The number of allylic oxidation sites excluding steroid dienone is 4. The number of unbranched alkanes of at least 4 members (excludes halogenated alkanes) is 46. The van der Waals surface area contributed by atoms with Crippen molar-refractivity contribution in [1.82, 2.24) is 5.32 Å². The van der Waals surface area contributed by atoms with Gasteiger partial charge < -0.3 is 20.3 Å². The molecule has 72 heavy (non-hydrogen) atoms. The van der Waals surface area contributed by atoms with E-state index < -0.39 is 12.1 Å². The second kappa shape index (κ2) is 61.9. The van der Waals surface area contributed by atoms with Crippen molar-refractivity contribution in [3.63, 3.8) is 0 Å². The second-order valence-electron chi connectivity index (χ2n) is 22.5. The molecule has 0 aliphatic carbocycles. The summed E-state index contributed by atoms with van der Waals surface area (Å²) in [7, 11) is 0. The summed E-state index contributed by atoms with van der Waals surface area (Å²) in [6.07, 6.45) is 76.2. The van der Waals surface area contributed by atoms with E-state index in [-0.39, 0.29) is 18.5 Å². The fourth-order valence-electron chi connectivity index (χ4n) is 10.3. The van der Waals surface area contributed by atoms with Crippen LogP contribution >= 0.6 is 0 Å². The molecule has 0 bridgehead atoms. The van der Waals surface area contributed by atoms with E-state index in [1.165, 1.54) is 283 Å². The third-order valence-corrected chi connectivity index (χ3v) is 15.3. The van der Waals surface area contributed by atoms with Crippen molar-refractivity contribution in [3.8, 4) is 0 Å². The Bertz CT molecular complexity index is 1120. The molecule has 0 aliphatic heterocycles. The van der Waals surface area contributed by atoms with Crippen LogP contribution in [0.4, 0.5) is 0 Å². The number of aliphatic hydroxyl groups excluding tert-OH is 2. The number of esters is 1. The first-order valence-electron chi connectivity index (χ1n) is 32.6. The lowest BCUT2D eigenvalue weighted by atomic mass is 10.0. The van der Waals surface area contributed by atoms with Crippen LogP contribution in [0.15, 0.2) is 24.3 Å². The number of hydrogen-bond acceptors (Lipinski definition) is 5. The van der Waals surface area contributed by atoms with Gasteiger partial charge >= 0.3 is 5.97 Å². The van der Waals surface area contributed by atoms with Crippen LogP contribution in [-0.2, 0) is 14.3 Å². The molecule has 0 rings (SSSR count). The van der Waals surface area contributed by atoms with E-state index in [2.05, 4.69) is 43.5 Å². The highest BCUT2D eigenvalue weighted by molar-refractivity contribution is 5.76. The van der Waals surface area contributed by atoms with Crippen LogP contribution in [0, 0.1) is 0 Å². The molecule has 0 aliphatic rings. The summed E-state index contributed by atoms with van der Waals surface area (Å²) in [5.41, 5.74) is 0. The number of ether oxygens (including phenoxy) is 1. The zero-order chi connectivity index (χ0) is 52.2. The summed E-state index contributed by atoms with van der Waals surface area (Å²) in [5.74, 6) is -0.0324. The average molecular weight is 1010 g/mol. The molecular formula is C66H127NO5. The SMILES string of the molecule is CCCCCCCCCCCCCCCCCCCCC(O)C(CO)NC(=O)CCCCCCCCC/C=C\C/C=C\CCCCCCCCCCCOC(=O)CCCCCCCCCCCCCCCC. The number of carbonyl (C=O) groups is 2. The topological polar surface area (TPSA) is 95.9 Å². The number of hydrogen-bond donors (Lipinski definition) is 3. The molecule has 1 amide bonds. The number of rotatable bonds is 61. The molecule has 0 aromatic carbocycles. The first-order chi connectivity index (χ1) is 35.5. The van der Waals surface area contributed by atoms with Crippen LogP contribution in [0.1, 0.15) is 361 Å². The molecule has 0 fully saturated rings. The summed E-state index contributed by atoms with van der Waals surface area (Å²) < 4.78 is 5.48. The quantitative estimate of drug-likeness (QED) is 0.0320. The van der Waals surface area contributed by atoms with E-state index in [9.17, 15) is 19.8 Å². The van der Waals surface area contributed by atoms with Gasteiger partial charge in [0.1, 0.15) is 0 Å². The molecule has 0 saturated carbocycles. The molecule has 2 unspecified atom stereocenters. The Hall–Kier alpha value is -1.66. The van der Waals surface area contributed by atoms with Gasteiger partial charge in [-0.25, -0.2) is 0 Å². The molecule has 6 heteroatoms. The average Bonchev–Trinajstić information content (AvgIpc) is 3.38. The van der Waals surface area contributed by atoms with Crippen LogP contribution in [0.3, 0.4) is 0 Å². The zero-order valence-electron chi connectivity index (χ0n) is 48.7. The third kappa shape index (κ3) is 57.6. The standard InChI is InChI=1S/C66H127NO5/c1-3-5-7-9-11-13-15-17-19-20-28-31-34-38-42-46-50-54-58-64(69)63(62-68)67-65(70)59-55-51-47-43-39-35-32-29-26-24-22-21-23-25-27-30-33-37-41-45-49-53-57-61-72-66(71)60-56-52-48-44-40-36-18-16-14-12-10-8-6-4-2/h21,23-24,26,63-64,68-69H,3-20,22,25,27-62H2,1-2H3,(H,67,70)/b23-21-,26-24-. The smallest absolute Gasteiger partial charge is 0.305 e. The van der Waals surface area contributed by atoms with Gasteiger partial charge in [0.05, 0.1) is 25.4 Å². The fourth-order valence-corrected chi connectivity index (χ4v) is 10.3. The number of carbonyl (C=O) groups excluding carboxylic acids is 2. The van der Waals surface area contributed by atoms with Gasteiger partial charge in [0.25, 0.3) is 0 Å². The predicted octanol–water partition coefficient (Wildman–Crippen LogP) is 20.6. The number of nitrogens with one attached hydrogen (secondary N) is 1. The van der Waals surface area contributed by atoms with Gasteiger partial charge in [-0.1, -0.05) is 314 Å². The lowest BCUT2D eigenvalue weighted by molar-refractivity contribution is -0.143. The van der Waals surface area contributed by atoms with Gasteiger partial charge in [-0.2, -0.15) is 0 Å². The van der Waals surface area contributed by atoms with Crippen LogP contribution in [-0.4, -0.2) is 47.4 Å². The van der Waals surface area contributed by atoms with Crippen molar-refractivity contribution in [2.75, 3.05) is 13.2 Å².